The molecule has 3 N–H and O–H groups in total. The molecule has 3 nitrogen and oxygen atoms in total. The Hall–Kier alpha value is -0.490. The Morgan fingerprint density at radius 1 is 1.29 bits per heavy atom. The molecule has 1 saturated carbocycles. The highest BCUT2D eigenvalue weighted by Gasteiger charge is 2.40. The van der Waals surface area contributed by atoms with E-state index in [-0.39, 0.29) is 0 Å². The number of nitrogens with one attached hydrogen (secondary N) is 1. The molecule has 2 aliphatic rings. The van der Waals surface area contributed by atoms with E-state index in [2.05, 4.69) is 34.0 Å². The normalized spacial score (nSPS) is 28.3. The van der Waals surface area contributed by atoms with Gasteiger partial charge in [0.05, 0.1) is 12.1 Å². The topological polar surface area (TPSA) is 47.3 Å². The maximum atomic E-state index is 5.84. The summed E-state index contributed by atoms with van der Waals surface area (Å²) in [7, 11) is 0. The highest BCUT2D eigenvalue weighted by Crippen LogP contribution is 2.40. The zero-order valence-corrected chi connectivity index (χ0v) is 11.8. The fraction of sp³-hybridized carbons (Fsp3) is 0.538. The van der Waals surface area contributed by atoms with Crippen LogP contribution in [0.2, 0.25) is 0 Å². The molecule has 2 atom stereocenters. The van der Waals surface area contributed by atoms with Gasteiger partial charge in [0.15, 0.2) is 0 Å². The summed E-state index contributed by atoms with van der Waals surface area (Å²) < 4.78 is 7.02. The Kier molecular flexibility index (Phi) is 3.17. The summed E-state index contributed by atoms with van der Waals surface area (Å²) in [6.07, 6.45) is 4.20. The molecule has 1 aromatic rings. The molecule has 92 valence electrons. The number of halogens is 1. The van der Waals surface area contributed by atoms with Gasteiger partial charge in [0, 0.05) is 21.6 Å². The zero-order valence-electron chi connectivity index (χ0n) is 9.66. The van der Waals surface area contributed by atoms with E-state index in [1.807, 2.05) is 12.1 Å². The number of hydrogen-bond acceptors (Lipinski definition) is 3. The Bertz CT molecular complexity index is 420. The Balaban J connectivity index is 1.72. The highest BCUT2D eigenvalue weighted by molar-refractivity contribution is 14.1. The number of hydrogen-bond donors (Lipinski definition) is 2. The van der Waals surface area contributed by atoms with E-state index in [1.165, 1.54) is 22.1 Å². The van der Waals surface area contributed by atoms with Gasteiger partial charge in [0.2, 0.25) is 0 Å². The molecule has 1 aliphatic heterocycles. The van der Waals surface area contributed by atoms with Crippen molar-refractivity contribution in [3.63, 3.8) is 0 Å². The molecule has 2 unspecified atom stereocenters. The molecule has 0 amide bonds. The molecule has 0 spiro atoms. The molecule has 4 heteroatoms. The summed E-state index contributed by atoms with van der Waals surface area (Å²) in [4.78, 5) is 0. The van der Waals surface area contributed by atoms with Crippen LogP contribution in [0, 0.1) is 9.49 Å². The minimum Gasteiger partial charge on any atom is -0.399 e. The smallest absolute Gasteiger partial charge is 0.0804 e. The van der Waals surface area contributed by atoms with Crippen LogP contribution in [-0.2, 0) is 4.74 Å². The average molecular weight is 344 g/mol. The second-order valence-electron chi connectivity index (χ2n) is 4.95. The van der Waals surface area contributed by atoms with Gasteiger partial charge in [-0.2, -0.15) is 0 Å². The van der Waals surface area contributed by atoms with E-state index in [9.17, 15) is 0 Å². The maximum absolute atomic E-state index is 5.84. The van der Waals surface area contributed by atoms with Crippen molar-refractivity contribution in [1.29, 1.82) is 0 Å². The zero-order chi connectivity index (χ0) is 11.8. The van der Waals surface area contributed by atoms with Crippen molar-refractivity contribution in [3.05, 3.63) is 21.8 Å². The second kappa shape index (κ2) is 4.65. The van der Waals surface area contributed by atoms with Gasteiger partial charge in [-0.1, -0.05) is 0 Å². The Morgan fingerprint density at radius 3 is 2.82 bits per heavy atom. The predicted octanol–water partition coefficient (Wildman–Crippen LogP) is 2.85. The molecule has 0 radical (unpaired) electrons. The number of nitrogens with two attached hydrogens (primary N) is 1. The molecule has 1 aliphatic carbocycles. The van der Waals surface area contributed by atoms with Crippen LogP contribution in [0.5, 0.6) is 0 Å². The van der Waals surface area contributed by atoms with Crippen LogP contribution < -0.4 is 11.1 Å². The van der Waals surface area contributed by atoms with Crippen molar-refractivity contribution >= 4 is 34.0 Å². The van der Waals surface area contributed by atoms with Gasteiger partial charge >= 0.3 is 0 Å². The summed E-state index contributed by atoms with van der Waals surface area (Å²) in [5.41, 5.74) is 7.77. The van der Waals surface area contributed by atoms with E-state index in [0.717, 1.165) is 24.6 Å². The lowest BCUT2D eigenvalue weighted by molar-refractivity contribution is 0.0898. The Morgan fingerprint density at radius 2 is 2.12 bits per heavy atom. The minimum atomic E-state index is 0.420. The van der Waals surface area contributed by atoms with Crippen LogP contribution in [0.25, 0.3) is 0 Å². The van der Waals surface area contributed by atoms with E-state index in [1.54, 1.807) is 0 Å². The summed E-state index contributed by atoms with van der Waals surface area (Å²) in [6.45, 7) is 0.893. The van der Waals surface area contributed by atoms with E-state index >= 15 is 0 Å². The number of benzene rings is 1. The van der Waals surface area contributed by atoms with Crippen LogP contribution in [0.4, 0.5) is 11.4 Å². The van der Waals surface area contributed by atoms with Gasteiger partial charge in [0.1, 0.15) is 0 Å². The molecule has 1 aromatic carbocycles. The van der Waals surface area contributed by atoms with Gasteiger partial charge in [0.25, 0.3) is 0 Å². The van der Waals surface area contributed by atoms with Gasteiger partial charge in [-0.05, 0) is 66.0 Å². The summed E-state index contributed by atoms with van der Waals surface area (Å²) >= 11 is 2.33. The number of anilines is 2. The SMILES string of the molecule is Nc1ccc(NC2CCOC2C2CC2)c(I)c1. The lowest BCUT2D eigenvalue weighted by Crippen LogP contribution is -2.31. The minimum absolute atomic E-state index is 0.420. The van der Waals surface area contributed by atoms with Crippen LogP contribution in [0.3, 0.4) is 0 Å². The van der Waals surface area contributed by atoms with Crippen LogP contribution in [-0.4, -0.2) is 18.8 Å². The Labute approximate surface area is 115 Å². The standard InChI is InChI=1S/C13H17IN2O/c14-10-7-9(15)3-4-11(10)16-12-5-6-17-13(12)8-1-2-8/h3-4,7-8,12-13,16H,1-2,5-6,15H2. The first-order valence-corrected chi connectivity index (χ1v) is 7.25. The quantitative estimate of drug-likeness (QED) is 0.655. The van der Waals surface area contributed by atoms with Gasteiger partial charge in [-0.3, -0.25) is 0 Å². The van der Waals surface area contributed by atoms with Crippen molar-refractivity contribution in [3.8, 4) is 0 Å². The first-order valence-electron chi connectivity index (χ1n) is 6.17. The van der Waals surface area contributed by atoms with Crippen molar-refractivity contribution < 1.29 is 4.74 Å². The third-order valence-electron chi connectivity index (χ3n) is 3.56. The number of rotatable bonds is 3. The molecule has 2 fully saturated rings. The third-order valence-corrected chi connectivity index (χ3v) is 4.45. The van der Waals surface area contributed by atoms with Crippen molar-refractivity contribution in [2.45, 2.75) is 31.4 Å². The largest absolute Gasteiger partial charge is 0.399 e. The highest BCUT2D eigenvalue weighted by atomic mass is 127. The number of ether oxygens (including phenoxy) is 1. The third kappa shape index (κ3) is 2.52. The molecular formula is C13H17IN2O. The second-order valence-corrected chi connectivity index (χ2v) is 6.11. The lowest BCUT2D eigenvalue weighted by atomic mass is 10.1. The molecule has 0 aromatic heterocycles. The fourth-order valence-electron chi connectivity index (χ4n) is 2.50. The monoisotopic (exact) mass is 344 g/mol. The molecule has 1 saturated heterocycles. The summed E-state index contributed by atoms with van der Waals surface area (Å²) in [5.74, 6) is 0.793. The van der Waals surface area contributed by atoms with Gasteiger partial charge < -0.3 is 15.8 Å². The molecule has 1 heterocycles. The van der Waals surface area contributed by atoms with Gasteiger partial charge in [-0.15, -0.1) is 0 Å². The van der Waals surface area contributed by atoms with Crippen LogP contribution >= 0.6 is 22.6 Å². The van der Waals surface area contributed by atoms with E-state index < -0.39 is 0 Å². The van der Waals surface area contributed by atoms with E-state index in [4.69, 9.17) is 10.5 Å². The predicted molar refractivity (Wildman–Crippen MR) is 78.1 cm³/mol. The van der Waals surface area contributed by atoms with Crippen LogP contribution in [0.15, 0.2) is 18.2 Å². The fourth-order valence-corrected chi connectivity index (χ4v) is 3.20. The van der Waals surface area contributed by atoms with Gasteiger partial charge in [-0.25, -0.2) is 0 Å². The lowest BCUT2D eigenvalue weighted by Gasteiger charge is -2.21. The maximum Gasteiger partial charge on any atom is 0.0804 e. The van der Waals surface area contributed by atoms with Crippen molar-refractivity contribution in [1.82, 2.24) is 0 Å². The first-order chi connectivity index (χ1) is 8.24. The molecule has 0 bridgehead atoms. The summed E-state index contributed by atoms with van der Waals surface area (Å²) in [5, 5.41) is 3.62. The average Bonchev–Trinajstić information content (AvgIpc) is 3.03. The van der Waals surface area contributed by atoms with E-state index in [0.29, 0.717) is 12.1 Å². The molecule has 17 heavy (non-hydrogen) atoms. The molecule has 3 rings (SSSR count). The number of nitrogen functional groups attached to an aromatic ring is 1. The van der Waals surface area contributed by atoms with Crippen LogP contribution in [0.1, 0.15) is 19.3 Å². The summed E-state index contributed by atoms with van der Waals surface area (Å²) in [6, 6.07) is 6.50. The van der Waals surface area contributed by atoms with Crippen molar-refractivity contribution in [2.75, 3.05) is 17.7 Å². The van der Waals surface area contributed by atoms with Crippen molar-refractivity contribution in [2.24, 2.45) is 5.92 Å². The molecular weight excluding hydrogens is 327 g/mol. The first kappa shape index (κ1) is 11.6.